The fourth-order valence-electron chi connectivity index (χ4n) is 2.08. The lowest BCUT2D eigenvalue weighted by Gasteiger charge is -2.16. The normalized spacial score (nSPS) is 11.8. The first kappa shape index (κ1) is 15.3. The number of rotatable bonds is 4. The number of aromatic nitrogens is 1. The zero-order valence-corrected chi connectivity index (χ0v) is 13.0. The molecule has 0 saturated heterocycles. The van der Waals surface area contributed by atoms with E-state index >= 15 is 0 Å². The van der Waals surface area contributed by atoms with Crippen LogP contribution in [0.25, 0.3) is 0 Å². The third kappa shape index (κ3) is 3.73. The summed E-state index contributed by atoms with van der Waals surface area (Å²) >= 11 is 5.97. The third-order valence-corrected chi connectivity index (χ3v) is 3.49. The maximum Gasteiger partial charge on any atom is 0.255 e. The standard InChI is InChI=1S/C16H18ClN3O/c1-10-7-15(18-3)14(9-19-10)16(21)20-11(2)12-5-4-6-13(17)8-12/h4-9,11H,1-3H3,(H,18,19)(H,20,21). The molecule has 21 heavy (non-hydrogen) atoms. The molecule has 1 amide bonds. The molecule has 1 heterocycles. The molecular formula is C16H18ClN3O. The molecular weight excluding hydrogens is 286 g/mol. The highest BCUT2D eigenvalue weighted by Gasteiger charge is 2.15. The molecule has 1 unspecified atom stereocenters. The Labute approximate surface area is 129 Å². The quantitative estimate of drug-likeness (QED) is 0.908. The molecule has 2 N–H and O–H groups in total. The Kier molecular flexibility index (Phi) is 4.81. The van der Waals surface area contributed by atoms with Crippen molar-refractivity contribution in [2.45, 2.75) is 19.9 Å². The van der Waals surface area contributed by atoms with Gasteiger partial charge < -0.3 is 10.6 Å². The molecule has 0 saturated carbocycles. The largest absolute Gasteiger partial charge is 0.387 e. The number of benzene rings is 1. The summed E-state index contributed by atoms with van der Waals surface area (Å²) in [5, 5.41) is 6.63. The van der Waals surface area contributed by atoms with Gasteiger partial charge in [0, 0.05) is 24.0 Å². The van der Waals surface area contributed by atoms with Gasteiger partial charge in [0.1, 0.15) is 0 Å². The second-order valence-electron chi connectivity index (χ2n) is 4.87. The molecule has 1 aromatic carbocycles. The number of pyridine rings is 1. The van der Waals surface area contributed by atoms with Gasteiger partial charge in [-0.2, -0.15) is 0 Å². The zero-order valence-electron chi connectivity index (χ0n) is 12.3. The number of halogens is 1. The lowest BCUT2D eigenvalue weighted by Crippen LogP contribution is -2.27. The van der Waals surface area contributed by atoms with Crippen LogP contribution >= 0.6 is 11.6 Å². The second-order valence-corrected chi connectivity index (χ2v) is 5.31. The van der Waals surface area contributed by atoms with Gasteiger partial charge in [-0.05, 0) is 37.6 Å². The van der Waals surface area contributed by atoms with Crippen molar-refractivity contribution in [3.63, 3.8) is 0 Å². The minimum absolute atomic E-state index is 0.137. The van der Waals surface area contributed by atoms with E-state index < -0.39 is 0 Å². The van der Waals surface area contributed by atoms with E-state index in [1.54, 1.807) is 13.2 Å². The first-order valence-corrected chi connectivity index (χ1v) is 7.09. The van der Waals surface area contributed by atoms with Crippen LogP contribution < -0.4 is 10.6 Å². The van der Waals surface area contributed by atoms with Crippen LogP contribution in [0.2, 0.25) is 5.02 Å². The highest BCUT2D eigenvalue weighted by Crippen LogP contribution is 2.20. The van der Waals surface area contributed by atoms with Crippen LogP contribution in [0.3, 0.4) is 0 Å². The SMILES string of the molecule is CNc1cc(C)ncc1C(=O)NC(C)c1cccc(Cl)c1. The molecule has 0 fully saturated rings. The minimum atomic E-state index is -0.167. The number of nitrogens with zero attached hydrogens (tertiary/aromatic N) is 1. The van der Waals surface area contributed by atoms with Gasteiger partial charge in [-0.15, -0.1) is 0 Å². The van der Waals surface area contributed by atoms with Gasteiger partial charge in [-0.1, -0.05) is 23.7 Å². The van der Waals surface area contributed by atoms with Crippen molar-refractivity contribution in [1.29, 1.82) is 0 Å². The van der Waals surface area contributed by atoms with Crippen LogP contribution in [0.15, 0.2) is 36.5 Å². The molecule has 1 aromatic heterocycles. The number of amides is 1. The van der Waals surface area contributed by atoms with Crippen LogP contribution in [-0.4, -0.2) is 17.9 Å². The molecule has 0 aliphatic rings. The monoisotopic (exact) mass is 303 g/mol. The lowest BCUT2D eigenvalue weighted by atomic mass is 10.1. The number of nitrogens with one attached hydrogen (secondary N) is 2. The Balaban J connectivity index is 2.18. The Hall–Kier alpha value is -2.07. The van der Waals surface area contributed by atoms with Crippen LogP contribution in [0, 0.1) is 6.92 Å². The number of hydrogen-bond donors (Lipinski definition) is 2. The van der Waals surface area contributed by atoms with Crippen LogP contribution in [0.5, 0.6) is 0 Å². The molecule has 0 aliphatic heterocycles. The topological polar surface area (TPSA) is 54.0 Å². The molecule has 110 valence electrons. The Morgan fingerprint density at radius 1 is 1.33 bits per heavy atom. The highest BCUT2D eigenvalue weighted by atomic mass is 35.5. The van der Waals surface area contributed by atoms with Gasteiger partial charge in [-0.25, -0.2) is 0 Å². The molecule has 1 atom stereocenters. The van der Waals surface area contributed by atoms with Gasteiger partial charge in [0.15, 0.2) is 0 Å². The number of carbonyl (C=O) groups is 1. The fraction of sp³-hybridized carbons (Fsp3) is 0.250. The van der Waals surface area contributed by atoms with Gasteiger partial charge >= 0.3 is 0 Å². The van der Waals surface area contributed by atoms with Gasteiger partial charge in [0.25, 0.3) is 5.91 Å². The summed E-state index contributed by atoms with van der Waals surface area (Å²) in [5.74, 6) is -0.167. The lowest BCUT2D eigenvalue weighted by molar-refractivity contribution is 0.0940. The smallest absolute Gasteiger partial charge is 0.255 e. The maximum absolute atomic E-state index is 12.4. The van der Waals surface area contributed by atoms with E-state index in [0.717, 1.165) is 16.9 Å². The predicted molar refractivity (Wildman–Crippen MR) is 85.9 cm³/mol. The number of anilines is 1. The van der Waals surface area contributed by atoms with Crippen molar-refractivity contribution >= 4 is 23.2 Å². The van der Waals surface area contributed by atoms with Crippen molar-refractivity contribution in [2.75, 3.05) is 12.4 Å². The van der Waals surface area contributed by atoms with Crippen LogP contribution in [-0.2, 0) is 0 Å². The Morgan fingerprint density at radius 2 is 2.10 bits per heavy atom. The minimum Gasteiger partial charge on any atom is -0.387 e. The Bertz CT molecular complexity index is 658. The van der Waals surface area contributed by atoms with Crippen molar-refractivity contribution < 1.29 is 4.79 Å². The molecule has 4 nitrogen and oxygen atoms in total. The van der Waals surface area contributed by atoms with E-state index in [1.807, 2.05) is 44.2 Å². The third-order valence-electron chi connectivity index (χ3n) is 3.25. The predicted octanol–water partition coefficient (Wildman–Crippen LogP) is 3.58. The summed E-state index contributed by atoms with van der Waals surface area (Å²) < 4.78 is 0. The number of aryl methyl sites for hydroxylation is 1. The van der Waals surface area contributed by atoms with E-state index in [9.17, 15) is 4.79 Å². The van der Waals surface area contributed by atoms with Gasteiger partial charge in [0.2, 0.25) is 0 Å². The summed E-state index contributed by atoms with van der Waals surface area (Å²) in [6, 6.07) is 9.17. The van der Waals surface area contributed by atoms with E-state index in [0.29, 0.717) is 10.6 Å². The molecule has 0 radical (unpaired) electrons. The highest BCUT2D eigenvalue weighted by molar-refractivity contribution is 6.30. The van der Waals surface area contributed by atoms with E-state index in [4.69, 9.17) is 11.6 Å². The summed E-state index contributed by atoms with van der Waals surface area (Å²) in [7, 11) is 1.78. The molecule has 2 rings (SSSR count). The van der Waals surface area contributed by atoms with Crippen molar-refractivity contribution in [2.24, 2.45) is 0 Å². The van der Waals surface area contributed by atoms with Gasteiger partial charge in [0.05, 0.1) is 17.3 Å². The fourth-order valence-corrected chi connectivity index (χ4v) is 2.28. The first-order chi connectivity index (χ1) is 10.0. The molecule has 0 bridgehead atoms. The van der Waals surface area contributed by atoms with Crippen molar-refractivity contribution in [1.82, 2.24) is 10.3 Å². The maximum atomic E-state index is 12.4. The van der Waals surface area contributed by atoms with E-state index in [2.05, 4.69) is 15.6 Å². The second kappa shape index (κ2) is 6.59. The average Bonchev–Trinajstić information content (AvgIpc) is 2.46. The van der Waals surface area contributed by atoms with Crippen molar-refractivity contribution in [3.8, 4) is 0 Å². The van der Waals surface area contributed by atoms with E-state index in [-0.39, 0.29) is 11.9 Å². The average molecular weight is 304 g/mol. The molecule has 5 heteroatoms. The van der Waals surface area contributed by atoms with Crippen molar-refractivity contribution in [3.05, 3.63) is 58.4 Å². The van der Waals surface area contributed by atoms with Gasteiger partial charge in [-0.3, -0.25) is 9.78 Å². The Morgan fingerprint density at radius 3 is 2.76 bits per heavy atom. The zero-order chi connectivity index (χ0) is 15.4. The molecule has 2 aromatic rings. The number of hydrogen-bond acceptors (Lipinski definition) is 3. The summed E-state index contributed by atoms with van der Waals surface area (Å²) in [4.78, 5) is 16.6. The number of carbonyl (C=O) groups excluding carboxylic acids is 1. The van der Waals surface area contributed by atoms with Crippen LogP contribution in [0.1, 0.15) is 34.6 Å². The molecule has 0 spiro atoms. The van der Waals surface area contributed by atoms with Crippen LogP contribution in [0.4, 0.5) is 5.69 Å². The summed E-state index contributed by atoms with van der Waals surface area (Å²) in [6.07, 6.45) is 1.58. The summed E-state index contributed by atoms with van der Waals surface area (Å²) in [6.45, 7) is 3.81. The summed E-state index contributed by atoms with van der Waals surface area (Å²) in [5.41, 5.74) is 3.11. The van der Waals surface area contributed by atoms with E-state index in [1.165, 1.54) is 0 Å². The first-order valence-electron chi connectivity index (χ1n) is 6.72. The molecule has 0 aliphatic carbocycles.